The van der Waals surface area contributed by atoms with Gasteiger partial charge in [-0.2, -0.15) is 5.26 Å². The molecule has 0 bridgehead atoms. The molecule has 1 aromatic rings. The van der Waals surface area contributed by atoms with Crippen LogP contribution in [-0.4, -0.2) is 16.1 Å². The molecule has 0 aliphatic carbocycles. The van der Waals surface area contributed by atoms with Crippen LogP contribution >= 0.6 is 11.3 Å². The van der Waals surface area contributed by atoms with Gasteiger partial charge in [-0.05, 0) is 12.8 Å². The van der Waals surface area contributed by atoms with E-state index in [0.717, 1.165) is 17.8 Å². The minimum atomic E-state index is -1.05. The maximum absolute atomic E-state index is 10.7. The van der Waals surface area contributed by atoms with Crippen molar-refractivity contribution in [3.05, 3.63) is 15.6 Å². The van der Waals surface area contributed by atoms with Crippen molar-refractivity contribution < 1.29 is 9.90 Å². The highest BCUT2D eigenvalue weighted by Crippen LogP contribution is 2.20. The molecule has 0 saturated carbocycles. The smallest absolute Gasteiger partial charge is 0.355 e. The highest BCUT2D eigenvalue weighted by atomic mass is 32.1. The number of aryl methyl sites for hydroxylation is 1. The molecule has 4 nitrogen and oxygen atoms in total. The summed E-state index contributed by atoms with van der Waals surface area (Å²) in [4.78, 5) is 15.3. The van der Waals surface area contributed by atoms with Crippen LogP contribution in [0, 0.1) is 11.3 Å². The van der Waals surface area contributed by atoms with Crippen LogP contribution in [0.4, 0.5) is 0 Å². The second kappa shape index (κ2) is 4.72. The Hall–Kier alpha value is -1.41. The fourth-order valence-electron chi connectivity index (χ4n) is 1.08. The lowest BCUT2D eigenvalue weighted by atomic mass is 10.3. The fourth-order valence-corrected chi connectivity index (χ4v) is 2.17. The second-order valence-electron chi connectivity index (χ2n) is 2.77. The molecule has 1 aromatic heterocycles. The van der Waals surface area contributed by atoms with Crippen LogP contribution in [-0.2, 0) is 12.8 Å². The normalized spacial score (nSPS) is 9.71. The molecule has 0 fully saturated rings. The first-order valence-electron chi connectivity index (χ1n) is 4.27. The van der Waals surface area contributed by atoms with E-state index < -0.39 is 5.97 Å². The summed E-state index contributed by atoms with van der Waals surface area (Å²) in [5.74, 6) is -1.05. The highest BCUT2D eigenvalue weighted by molar-refractivity contribution is 7.11. The summed E-state index contributed by atoms with van der Waals surface area (Å²) < 4.78 is 0. The lowest BCUT2D eigenvalue weighted by Gasteiger charge is -1.88. The predicted octanol–water partition coefficient (Wildman–Crippen LogP) is 1.86. The Kier molecular flexibility index (Phi) is 3.60. The molecule has 0 radical (unpaired) electrons. The molecule has 1 heterocycles. The molecule has 1 rings (SSSR count). The maximum Gasteiger partial charge on any atom is 0.355 e. The van der Waals surface area contributed by atoms with Crippen LogP contribution in [0.3, 0.4) is 0 Å². The summed E-state index contributed by atoms with van der Waals surface area (Å²) in [6.07, 6.45) is 1.83. The molecule has 14 heavy (non-hydrogen) atoms. The third kappa shape index (κ3) is 2.30. The van der Waals surface area contributed by atoms with Gasteiger partial charge in [0, 0.05) is 0 Å². The van der Waals surface area contributed by atoms with Crippen LogP contribution in [0.15, 0.2) is 0 Å². The monoisotopic (exact) mass is 210 g/mol. The minimum absolute atomic E-state index is 0.0417. The summed E-state index contributed by atoms with van der Waals surface area (Å²) in [6, 6.07) is 1.94. The van der Waals surface area contributed by atoms with Crippen LogP contribution in [0.5, 0.6) is 0 Å². The minimum Gasteiger partial charge on any atom is -0.476 e. The Morgan fingerprint density at radius 1 is 1.71 bits per heavy atom. The van der Waals surface area contributed by atoms with Crippen molar-refractivity contribution in [3.8, 4) is 6.07 Å². The van der Waals surface area contributed by atoms with Gasteiger partial charge in [-0.25, -0.2) is 9.78 Å². The Labute approximate surface area is 85.8 Å². The molecular weight excluding hydrogens is 200 g/mol. The van der Waals surface area contributed by atoms with Crippen molar-refractivity contribution >= 4 is 17.3 Å². The number of hydrogen-bond donors (Lipinski definition) is 1. The van der Waals surface area contributed by atoms with Crippen LogP contribution in [0.25, 0.3) is 0 Å². The standard InChI is InChI=1S/C9H10N2O2S/c1-2-3-7-11-8(9(12)13)6(14-7)4-5-10/h2-4H2,1H3,(H,12,13). The van der Waals surface area contributed by atoms with E-state index in [1.54, 1.807) is 0 Å². The van der Waals surface area contributed by atoms with Gasteiger partial charge in [-0.15, -0.1) is 11.3 Å². The van der Waals surface area contributed by atoms with Crippen molar-refractivity contribution in [2.45, 2.75) is 26.2 Å². The van der Waals surface area contributed by atoms with Crippen LogP contribution in [0.2, 0.25) is 0 Å². The van der Waals surface area contributed by atoms with Gasteiger partial charge >= 0.3 is 5.97 Å². The number of aromatic carboxylic acids is 1. The maximum atomic E-state index is 10.7. The summed E-state index contributed by atoms with van der Waals surface area (Å²) in [6.45, 7) is 2.01. The van der Waals surface area contributed by atoms with E-state index >= 15 is 0 Å². The molecule has 0 aromatic carbocycles. The molecule has 0 aliphatic heterocycles. The van der Waals surface area contributed by atoms with Gasteiger partial charge in [-0.1, -0.05) is 6.92 Å². The molecule has 0 amide bonds. The van der Waals surface area contributed by atoms with E-state index in [-0.39, 0.29) is 12.1 Å². The number of thiazole rings is 1. The molecule has 0 aliphatic rings. The number of carbonyl (C=O) groups is 1. The average molecular weight is 210 g/mol. The molecule has 1 N–H and O–H groups in total. The van der Waals surface area contributed by atoms with Gasteiger partial charge < -0.3 is 5.11 Å². The zero-order chi connectivity index (χ0) is 10.6. The van der Waals surface area contributed by atoms with Gasteiger partial charge in [-0.3, -0.25) is 0 Å². The number of carboxylic acids is 1. The highest BCUT2D eigenvalue weighted by Gasteiger charge is 2.16. The number of nitriles is 1. The molecule has 0 unspecified atom stereocenters. The topological polar surface area (TPSA) is 74.0 Å². The third-order valence-electron chi connectivity index (χ3n) is 1.65. The van der Waals surface area contributed by atoms with Crippen molar-refractivity contribution in [1.29, 1.82) is 5.26 Å². The van der Waals surface area contributed by atoms with Crippen molar-refractivity contribution in [1.82, 2.24) is 4.98 Å². The summed E-state index contributed by atoms with van der Waals surface area (Å²) in [5, 5.41) is 18.1. The van der Waals surface area contributed by atoms with E-state index in [1.807, 2.05) is 13.0 Å². The fraction of sp³-hybridized carbons (Fsp3) is 0.444. The van der Waals surface area contributed by atoms with E-state index in [0.29, 0.717) is 4.88 Å². The molecule has 0 atom stereocenters. The van der Waals surface area contributed by atoms with Crippen molar-refractivity contribution in [2.75, 3.05) is 0 Å². The summed E-state index contributed by atoms with van der Waals surface area (Å²) in [7, 11) is 0. The van der Waals surface area contributed by atoms with E-state index in [9.17, 15) is 4.79 Å². The summed E-state index contributed by atoms with van der Waals surface area (Å²) >= 11 is 1.32. The largest absolute Gasteiger partial charge is 0.476 e. The van der Waals surface area contributed by atoms with Crippen LogP contribution < -0.4 is 0 Å². The number of rotatable bonds is 4. The Morgan fingerprint density at radius 2 is 2.43 bits per heavy atom. The zero-order valence-electron chi connectivity index (χ0n) is 7.78. The first-order chi connectivity index (χ1) is 6.69. The Balaban J connectivity index is 3.00. The van der Waals surface area contributed by atoms with Gasteiger partial charge in [0.1, 0.15) is 0 Å². The summed E-state index contributed by atoms with van der Waals surface area (Å²) in [5.41, 5.74) is 0.0417. The van der Waals surface area contributed by atoms with Crippen molar-refractivity contribution in [2.24, 2.45) is 0 Å². The van der Waals surface area contributed by atoms with Crippen LogP contribution in [0.1, 0.15) is 33.7 Å². The van der Waals surface area contributed by atoms with Gasteiger partial charge in [0.05, 0.1) is 22.4 Å². The lowest BCUT2D eigenvalue weighted by molar-refractivity contribution is 0.0690. The Bertz CT molecular complexity index is 379. The molecule has 5 heteroatoms. The van der Waals surface area contributed by atoms with Gasteiger partial charge in [0.25, 0.3) is 0 Å². The number of carboxylic acid groups (broad SMARTS) is 1. The second-order valence-corrected chi connectivity index (χ2v) is 3.94. The quantitative estimate of drug-likeness (QED) is 0.823. The number of nitrogens with zero attached hydrogens (tertiary/aromatic N) is 2. The third-order valence-corrected chi connectivity index (χ3v) is 2.76. The van der Waals surface area contributed by atoms with Gasteiger partial charge in [0.2, 0.25) is 0 Å². The number of hydrogen-bond acceptors (Lipinski definition) is 4. The molecule has 74 valence electrons. The molecule has 0 saturated heterocycles. The van der Waals surface area contributed by atoms with E-state index in [2.05, 4.69) is 4.98 Å². The lowest BCUT2D eigenvalue weighted by Crippen LogP contribution is -2.00. The Morgan fingerprint density at radius 3 is 2.93 bits per heavy atom. The van der Waals surface area contributed by atoms with Crippen molar-refractivity contribution in [3.63, 3.8) is 0 Å². The van der Waals surface area contributed by atoms with E-state index in [1.165, 1.54) is 11.3 Å². The zero-order valence-corrected chi connectivity index (χ0v) is 8.60. The molecule has 0 spiro atoms. The predicted molar refractivity (Wildman–Crippen MR) is 52.4 cm³/mol. The van der Waals surface area contributed by atoms with E-state index in [4.69, 9.17) is 10.4 Å². The number of aromatic nitrogens is 1. The first-order valence-corrected chi connectivity index (χ1v) is 5.09. The van der Waals surface area contributed by atoms with Gasteiger partial charge in [0.15, 0.2) is 5.69 Å². The molecular formula is C9H10N2O2S. The first kappa shape index (κ1) is 10.7. The SMILES string of the molecule is CCCc1nc(C(=O)O)c(CC#N)s1. The average Bonchev–Trinajstić information content (AvgIpc) is 2.49.